The summed E-state index contributed by atoms with van der Waals surface area (Å²) in [4.78, 5) is 6.74. The highest BCUT2D eigenvalue weighted by Gasteiger charge is 2.20. The third-order valence-electron chi connectivity index (χ3n) is 2.97. The third-order valence-corrected chi connectivity index (χ3v) is 2.97. The maximum atomic E-state index is 5.78. The lowest BCUT2D eigenvalue weighted by molar-refractivity contribution is 0.187. The molecule has 1 heterocycles. The highest BCUT2D eigenvalue weighted by molar-refractivity contribution is 5.32. The van der Waals surface area contributed by atoms with Crippen molar-refractivity contribution in [3.8, 4) is 0 Å². The summed E-state index contributed by atoms with van der Waals surface area (Å²) < 4.78 is 7.26. The molecule has 0 radical (unpaired) electrons. The van der Waals surface area contributed by atoms with Gasteiger partial charge in [-0.3, -0.25) is 0 Å². The largest absolute Gasteiger partial charge is 0.383 e. The van der Waals surface area contributed by atoms with Gasteiger partial charge in [-0.25, -0.2) is 4.98 Å². The molecule has 0 atom stereocenters. The van der Waals surface area contributed by atoms with Crippen LogP contribution in [0.25, 0.3) is 0 Å². The van der Waals surface area contributed by atoms with Gasteiger partial charge in [0, 0.05) is 33.4 Å². The molecule has 0 saturated heterocycles. The van der Waals surface area contributed by atoms with E-state index in [0.29, 0.717) is 13.2 Å². The van der Waals surface area contributed by atoms with Crippen LogP contribution in [0.2, 0.25) is 0 Å². The lowest BCUT2D eigenvalue weighted by atomic mass is 9.93. The summed E-state index contributed by atoms with van der Waals surface area (Å²) in [6.45, 7) is 9.39. The molecule has 1 rings (SSSR count). The van der Waals surface area contributed by atoms with E-state index in [0.717, 1.165) is 24.7 Å². The minimum absolute atomic E-state index is 0.0840. The molecule has 5 nitrogen and oxygen atoms in total. The van der Waals surface area contributed by atoms with Crippen LogP contribution >= 0.6 is 0 Å². The molecule has 0 aromatic carbocycles. The smallest absolute Gasteiger partial charge is 0.205 e. The van der Waals surface area contributed by atoms with Gasteiger partial charge in [0.15, 0.2) is 0 Å². The SMILES string of the molecule is COCCn1cc(C)nc1N(C)CC(C)(C)CN. The summed E-state index contributed by atoms with van der Waals surface area (Å²) in [5, 5.41) is 0. The molecule has 0 amide bonds. The Balaban J connectivity index is 2.80. The Labute approximate surface area is 110 Å². The number of imidazole rings is 1. The predicted octanol–water partition coefficient (Wildman–Crippen LogP) is 1.26. The third kappa shape index (κ3) is 3.99. The molecule has 1 aromatic heterocycles. The highest BCUT2D eigenvalue weighted by Crippen LogP contribution is 2.19. The van der Waals surface area contributed by atoms with Gasteiger partial charge in [0.2, 0.25) is 5.95 Å². The van der Waals surface area contributed by atoms with Crippen LogP contribution in [0.3, 0.4) is 0 Å². The van der Waals surface area contributed by atoms with Crippen LogP contribution in [0.15, 0.2) is 6.20 Å². The zero-order valence-corrected chi connectivity index (χ0v) is 12.2. The minimum Gasteiger partial charge on any atom is -0.383 e. The van der Waals surface area contributed by atoms with Crippen LogP contribution in [0.1, 0.15) is 19.5 Å². The van der Waals surface area contributed by atoms with E-state index >= 15 is 0 Å². The number of rotatable bonds is 7. The normalized spacial score (nSPS) is 11.9. The first-order valence-corrected chi connectivity index (χ1v) is 6.33. The number of nitrogens with zero attached hydrogens (tertiary/aromatic N) is 3. The van der Waals surface area contributed by atoms with Crippen molar-refractivity contribution in [3.63, 3.8) is 0 Å². The molecule has 0 bridgehead atoms. The number of ether oxygens (including phenoxy) is 1. The molecule has 104 valence electrons. The number of hydrogen-bond acceptors (Lipinski definition) is 4. The monoisotopic (exact) mass is 254 g/mol. The van der Waals surface area contributed by atoms with E-state index < -0.39 is 0 Å². The van der Waals surface area contributed by atoms with Crippen molar-refractivity contribution in [3.05, 3.63) is 11.9 Å². The molecule has 0 unspecified atom stereocenters. The van der Waals surface area contributed by atoms with Gasteiger partial charge in [-0.2, -0.15) is 0 Å². The van der Waals surface area contributed by atoms with Crippen molar-refractivity contribution >= 4 is 5.95 Å². The van der Waals surface area contributed by atoms with Crippen LogP contribution in [0.4, 0.5) is 5.95 Å². The van der Waals surface area contributed by atoms with Gasteiger partial charge >= 0.3 is 0 Å². The molecule has 18 heavy (non-hydrogen) atoms. The fraction of sp³-hybridized carbons (Fsp3) is 0.769. The number of aryl methyl sites for hydroxylation is 1. The zero-order chi connectivity index (χ0) is 13.8. The summed E-state index contributed by atoms with van der Waals surface area (Å²) in [6.07, 6.45) is 2.06. The van der Waals surface area contributed by atoms with Crippen molar-refractivity contribution in [2.24, 2.45) is 11.1 Å². The lowest BCUT2D eigenvalue weighted by Crippen LogP contribution is -2.38. The minimum atomic E-state index is 0.0840. The number of nitrogens with two attached hydrogens (primary N) is 1. The zero-order valence-electron chi connectivity index (χ0n) is 12.2. The number of methoxy groups -OCH3 is 1. The van der Waals surface area contributed by atoms with Crippen molar-refractivity contribution in [2.45, 2.75) is 27.3 Å². The fourth-order valence-electron chi connectivity index (χ4n) is 1.97. The van der Waals surface area contributed by atoms with E-state index in [4.69, 9.17) is 10.5 Å². The molecule has 0 fully saturated rings. The molecule has 0 spiro atoms. The first-order valence-electron chi connectivity index (χ1n) is 6.33. The van der Waals surface area contributed by atoms with Gasteiger partial charge in [-0.05, 0) is 18.9 Å². The molecule has 1 aromatic rings. The van der Waals surface area contributed by atoms with Crippen LogP contribution in [-0.2, 0) is 11.3 Å². The van der Waals surface area contributed by atoms with Crippen molar-refractivity contribution in [1.29, 1.82) is 0 Å². The van der Waals surface area contributed by atoms with E-state index in [9.17, 15) is 0 Å². The van der Waals surface area contributed by atoms with Gasteiger partial charge in [0.1, 0.15) is 0 Å². The molecule has 0 aliphatic heterocycles. The Bertz CT molecular complexity index is 373. The van der Waals surface area contributed by atoms with E-state index in [2.05, 4.69) is 41.5 Å². The summed E-state index contributed by atoms with van der Waals surface area (Å²) in [6, 6.07) is 0. The van der Waals surface area contributed by atoms with Crippen LogP contribution in [0.5, 0.6) is 0 Å². The standard InChI is InChI=1S/C13H26N4O/c1-11-8-17(6-7-18-5)12(15-11)16(4)10-13(2,3)9-14/h8H,6-7,9-10,14H2,1-5H3. The summed E-state index contributed by atoms with van der Waals surface area (Å²) in [5.74, 6) is 0.978. The Morgan fingerprint density at radius 3 is 2.72 bits per heavy atom. The Kier molecular flexibility index (Phi) is 5.16. The van der Waals surface area contributed by atoms with Crippen molar-refractivity contribution in [2.75, 3.05) is 38.8 Å². The molecule has 5 heteroatoms. The second-order valence-corrected chi connectivity index (χ2v) is 5.59. The average molecular weight is 254 g/mol. The molecule has 2 N–H and O–H groups in total. The maximum Gasteiger partial charge on any atom is 0.205 e. The Morgan fingerprint density at radius 1 is 1.50 bits per heavy atom. The van der Waals surface area contributed by atoms with Crippen LogP contribution < -0.4 is 10.6 Å². The van der Waals surface area contributed by atoms with E-state index in [1.54, 1.807) is 7.11 Å². The van der Waals surface area contributed by atoms with Gasteiger partial charge in [-0.1, -0.05) is 13.8 Å². The Hall–Kier alpha value is -1.07. The summed E-state index contributed by atoms with van der Waals surface area (Å²) >= 11 is 0. The lowest BCUT2D eigenvalue weighted by Gasteiger charge is -2.30. The number of aromatic nitrogens is 2. The quantitative estimate of drug-likeness (QED) is 0.796. The average Bonchev–Trinajstić information content (AvgIpc) is 2.67. The molecule has 0 aliphatic carbocycles. The van der Waals surface area contributed by atoms with Gasteiger partial charge in [0.05, 0.1) is 12.3 Å². The second kappa shape index (κ2) is 6.20. The van der Waals surface area contributed by atoms with Crippen molar-refractivity contribution in [1.82, 2.24) is 9.55 Å². The highest BCUT2D eigenvalue weighted by atomic mass is 16.5. The molecular formula is C13H26N4O. The van der Waals surface area contributed by atoms with Crippen LogP contribution in [-0.4, -0.2) is 43.4 Å². The first kappa shape index (κ1) is 15.0. The molecule has 0 saturated carbocycles. The van der Waals surface area contributed by atoms with E-state index in [1.165, 1.54) is 0 Å². The Morgan fingerprint density at radius 2 is 2.17 bits per heavy atom. The van der Waals surface area contributed by atoms with E-state index in [-0.39, 0.29) is 5.41 Å². The molecule has 0 aliphatic rings. The fourth-order valence-corrected chi connectivity index (χ4v) is 1.97. The topological polar surface area (TPSA) is 56.3 Å². The van der Waals surface area contributed by atoms with Gasteiger partial charge < -0.3 is 19.9 Å². The number of anilines is 1. The first-order chi connectivity index (χ1) is 8.39. The van der Waals surface area contributed by atoms with E-state index in [1.807, 2.05) is 6.92 Å². The maximum absolute atomic E-state index is 5.78. The van der Waals surface area contributed by atoms with Crippen molar-refractivity contribution < 1.29 is 4.74 Å². The summed E-state index contributed by atoms with van der Waals surface area (Å²) in [5.41, 5.74) is 6.89. The predicted molar refractivity (Wildman–Crippen MR) is 74.9 cm³/mol. The van der Waals surface area contributed by atoms with Gasteiger partial charge in [-0.15, -0.1) is 0 Å². The van der Waals surface area contributed by atoms with Gasteiger partial charge in [0.25, 0.3) is 0 Å². The number of hydrogen-bond donors (Lipinski definition) is 1. The van der Waals surface area contributed by atoms with Crippen LogP contribution in [0, 0.1) is 12.3 Å². The molecular weight excluding hydrogens is 228 g/mol. The summed E-state index contributed by atoms with van der Waals surface area (Å²) in [7, 11) is 3.77. The second-order valence-electron chi connectivity index (χ2n) is 5.59.